The number of anilines is 1. The molecule has 1 heterocycles. The number of aryl methyl sites for hydroxylation is 1. The maximum Gasteiger partial charge on any atom is 0.0998 e. The smallest absolute Gasteiger partial charge is 0.0998 e. The van der Waals surface area contributed by atoms with E-state index in [1.54, 1.807) is 0 Å². The molecule has 0 radical (unpaired) electrons. The van der Waals surface area contributed by atoms with Crippen molar-refractivity contribution < 1.29 is 0 Å². The fraction of sp³-hybridized carbons (Fsp3) is 0.240. The van der Waals surface area contributed by atoms with Gasteiger partial charge in [-0.25, -0.2) is 0 Å². The van der Waals surface area contributed by atoms with Crippen molar-refractivity contribution in [2.75, 3.05) is 18.0 Å². The third-order valence-electron chi connectivity index (χ3n) is 5.46. The van der Waals surface area contributed by atoms with Crippen molar-refractivity contribution in [3.05, 3.63) is 77.4 Å². The van der Waals surface area contributed by atoms with E-state index in [4.69, 9.17) is 0 Å². The fourth-order valence-corrected chi connectivity index (χ4v) is 3.86. The van der Waals surface area contributed by atoms with Gasteiger partial charge >= 0.3 is 0 Å². The molecule has 0 aromatic heterocycles. The highest BCUT2D eigenvalue weighted by Gasteiger charge is 2.12. The van der Waals surface area contributed by atoms with Crippen LogP contribution in [-0.4, -0.2) is 13.1 Å². The molecule has 27 heavy (non-hydrogen) atoms. The molecule has 0 saturated carbocycles. The standard InChI is InChI=1S/C25H24N2/c1-19-15-25(27-13-5-2-6-14-27)12-11-21(19)16-24(18-26)23-10-9-20-7-3-4-8-22(20)17-23/h3-4,7-12,15-17H,2,5-6,13-14H2,1H3/b24-16-. The fourth-order valence-electron chi connectivity index (χ4n) is 3.86. The first-order valence-corrected chi connectivity index (χ1v) is 9.71. The molecular weight excluding hydrogens is 328 g/mol. The molecule has 3 aromatic carbocycles. The van der Waals surface area contributed by atoms with Crippen LogP contribution >= 0.6 is 0 Å². The molecule has 0 amide bonds. The molecular formula is C25H24N2. The maximum atomic E-state index is 9.74. The number of nitriles is 1. The first-order valence-electron chi connectivity index (χ1n) is 9.71. The largest absolute Gasteiger partial charge is 0.372 e. The summed E-state index contributed by atoms with van der Waals surface area (Å²) in [5.41, 5.74) is 5.30. The van der Waals surface area contributed by atoms with Gasteiger partial charge in [-0.1, -0.05) is 42.5 Å². The molecule has 1 saturated heterocycles. The Labute approximate surface area is 161 Å². The average Bonchev–Trinajstić information content (AvgIpc) is 2.73. The molecule has 134 valence electrons. The van der Waals surface area contributed by atoms with Crippen molar-refractivity contribution in [1.82, 2.24) is 0 Å². The number of allylic oxidation sites excluding steroid dienone is 1. The molecule has 1 aliphatic heterocycles. The van der Waals surface area contributed by atoms with E-state index >= 15 is 0 Å². The van der Waals surface area contributed by atoms with Crippen LogP contribution in [0.25, 0.3) is 22.4 Å². The summed E-state index contributed by atoms with van der Waals surface area (Å²) in [6.45, 7) is 4.43. The molecule has 2 nitrogen and oxygen atoms in total. The monoisotopic (exact) mass is 352 g/mol. The highest BCUT2D eigenvalue weighted by atomic mass is 15.1. The summed E-state index contributed by atoms with van der Waals surface area (Å²) >= 11 is 0. The molecule has 2 heteroatoms. The lowest BCUT2D eigenvalue weighted by Gasteiger charge is -2.29. The zero-order valence-electron chi connectivity index (χ0n) is 15.8. The first-order chi connectivity index (χ1) is 13.2. The van der Waals surface area contributed by atoms with Crippen LogP contribution in [0.1, 0.15) is 36.0 Å². The van der Waals surface area contributed by atoms with Crippen LogP contribution in [0.5, 0.6) is 0 Å². The van der Waals surface area contributed by atoms with E-state index in [2.05, 4.69) is 60.4 Å². The lowest BCUT2D eigenvalue weighted by Crippen LogP contribution is -2.29. The van der Waals surface area contributed by atoms with Gasteiger partial charge in [0.25, 0.3) is 0 Å². The van der Waals surface area contributed by atoms with Crippen molar-refractivity contribution in [3.63, 3.8) is 0 Å². The lowest BCUT2D eigenvalue weighted by molar-refractivity contribution is 0.578. The van der Waals surface area contributed by atoms with Crippen molar-refractivity contribution in [2.24, 2.45) is 0 Å². The third kappa shape index (κ3) is 3.73. The van der Waals surface area contributed by atoms with Crippen LogP contribution in [0.4, 0.5) is 5.69 Å². The minimum atomic E-state index is 0.703. The van der Waals surface area contributed by atoms with Gasteiger partial charge in [-0.05, 0) is 77.9 Å². The van der Waals surface area contributed by atoms with Gasteiger partial charge < -0.3 is 4.90 Å². The van der Waals surface area contributed by atoms with Gasteiger partial charge in [0.05, 0.1) is 11.6 Å². The Hall–Kier alpha value is -3.05. The van der Waals surface area contributed by atoms with Gasteiger partial charge in [0.1, 0.15) is 0 Å². The van der Waals surface area contributed by atoms with Crippen LogP contribution < -0.4 is 4.90 Å². The van der Waals surface area contributed by atoms with E-state index < -0.39 is 0 Å². The molecule has 0 unspecified atom stereocenters. The Morgan fingerprint density at radius 3 is 2.44 bits per heavy atom. The van der Waals surface area contributed by atoms with Gasteiger partial charge in [0, 0.05) is 18.8 Å². The number of fused-ring (bicyclic) bond motifs is 1. The minimum absolute atomic E-state index is 0.703. The maximum absolute atomic E-state index is 9.74. The summed E-state index contributed by atoms with van der Waals surface area (Å²) in [7, 11) is 0. The number of rotatable bonds is 3. The Morgan fingerprint density at radius 2 is 1.70 bits per heavy atom. The van der Waals surface area contributed by atoms with Gasteiger partial charge in [-0.3, -0.25) is 0 Å². The van der Waals surface area contributed by atoms with Crippen LogP contribution in [0, 0.1) is 18.3 Å². The number of benzene rings is 3. The van der Waals surface area contributed by atoms with E-state index in [-0.39, 0.29) is 0 Å². The molecule has 0 spiro atoms. The van der Waals surface area contributed by atoms with E-state index in [1.165, 1.54) is 35.9 Å². The van der Waals surface area contributed by atoms with Crippen LogP contribution in [0.15, 0.2) is 60.7 Å². The molecule has 3 aromatic rings. The molecule has 0 atom stereocenters. The SMILES string of the molecule is Cc1cc(N2CCCCC2)ccc1/C=C(/C#N)c1ccc2ccccc2c1. The number of hydrogen-bond donors (Lipinski definition) is 0. The highest BCUT2D eigenvalue weighted by Crippen LogP contribution is 2.27. The van der Waals surface area contributed by atoms with Crippen LogP contribution in [-0.2, 0) is 0 Å². The Bertz CT molecular complexity index is 1030. The molecule has 1 aliphatic rings. The average molecular weight is 352 g/mol. The predicted molar refractivity (Wildman–Crippen MR) is 115 cm³/mol. The zero-order valence-corrected chi connectivity index (χ0v) is 15.8. The molecule has 0 aliphatic carbocycles. The number of hydrogen-bond acceptors (Lipinski definition) is 2. The Balaban J connectivity index is 1.66. The predicted octanol–water partition coefficient (Wildman–Crippen LogP) is 6.20. The second-order valence-electron chi connectivity index (χ2n) is 7.32. The van der Waals surface area contributed by atoms with Crippen molar-refractivity contribution in [1.29, 1.82) is 5.26 Å². The van der Waals surface area contributed by atoms with Gasteiger partial charge in [0.15, 0.2) is 0 Å². The Morgan fingerprint density at radius 1 is 0.926 bits per heavy atom. The van der Waals surface area contributed by atoms with E-state index in [9.17, 15) is 5.26 Å². The Kier molecular flexibility index (Phi) is 4.94. The lowest BCUT2D eigenvalue weighted by atomic mass is 9.98. The van der Waals surface area contributed by atoms with Crippen molar-refractivity contribution in [2.45, 2.75) is 26.2 Å². The summed E-state index contributed by atoms with van der Waals surface area (Å²) in [5, 5.41) is 12.1. The van der Waals surface area contributed by atoms with Gasteiger partial charge in [-0.15, -0.1) is 0 Å². The number of piperidine rings is 1. The zero-order chi connectivity index (χ0) is 18.6. The molecule has 1 fully saturated rings. The quantitative estimate of drug-likeness (QED) is 0.414. The van der Waals surface area contributed by atoms with Crippen molar-refractivity contribution >= 4 is 28.1 Å². The minimum Gasteiger partial charge on any atom is -0.372 e. The molecule has 0 N–H and O–H groups in total. The normalized spacial score (nSPS) is 15.0. The number of nitrogens with zero attached hydrogens (tertiary/aromatic N) is 2. The second kappa shape index (κ2) is 7.68. The van der Waals surface area contributed by atoms with Gasteiger partial charge in [0.2, 0.25) is 0 Å². The summed E-state index contributed by atoms with van der Waals surface area (Å²) in [6, 6.07) is 23.5. The van der Waals surface area contributed by atoms with Crippen LogP contribution in [0.3, 0.4) is 0 Å². The highest BCUT2D eigenvalue weighted by molar-refractivity contribution is 5.94. The third-order valence-corrected chi connectivity index (χ3v) is 5.46. The second-order valence-corrected chi connectivity index (χ2v) is 7.32. The summed E-state index contributed by atoms with van der Waals surface area (Å²) in [5.74, 6) is 0. The van der Waals surface area contributed by atoms with E-state index in [0.29, 0.717) is 5.57 Å². The van der Waals surface area contributed by atoms with Gasteiger partial charge in [-0.2, -0.15) is 5.26 Å². The van der Waals surface area contributed by atoms with Crippen LogP contribution in [0.2, 0.25) is 0 Å². The molecule has 4 rings (SSSR count). The molecule has 0 bridgehead atoms. The topological polar surface area (TPSA) is 27.0 Å². The summed E-state index contributed by atoms with van der Waals surface area (Å²) in [4.78, 5) is 2.47. The van der Waals surface area contributed by atoms with E-state index in [1.807, 2.05) is 24.3 Å². The van der Waals surface area contributed by atoms with E-state index in [0.717, 1.165) is 29.6 Å². The summed E-state index contributed by atoms with van der Waals surface area (Å²) in [6.07, 6.45) is 5.91. The summed E-state index contributed by atoms with van der Waals surface area (Å²) < 4.78 is 0. The first kappa shape index (κ1) is 17.4. The van der Waals surface area contributed by atoms with Crippen molar-refractivity contribution in [3.8, 4) is 6.07 Å².